The van der Waals surface area contributed by atoms with Gasteiger partial charge < -0.3 is 10.3 Å². The van der Waals surface area contributed by atoms with Crippen LogP contribution in [-0.2, 0) is 10.5 Å². The normalized spacial score (nSPS) is 15.8. The van der Waals surface area contributed by atoms with Crippen molar-refractivity contribution in [2.24, 2.45) is 0 Å². The van der Waals surface area contributed by atoms with E-state index >= 15 is 0 Å². The van der Waals surface area contributed by atoms with Crippen LogP contribution in [0.4, 0.5) is 5.82 Å². The van der Waals surface area contributed by atoms with E-state index in [0.717, 1.165) is 11.1 Å². The highest BCUT2D eigenvalue weighted by atomic mass is 35.5. The minimum absolute atomic E-state index is 0.176. The van der Waals surface area contributed by atoms with Gasteiger partial charge >= 0.3 is 0 Å². The SMILES string of the molecule is O=C1CC(c2cccc(Cl)c2)c2c(nc(SCc3ccc(Cl)cc3)[nH]c2=O)N1. The van der Waals surface area contributed by atoms with E-state index in [1.807, 2.05) is 36.4 Å². The number of nitrogens with one attached hydrogen (secondary N) is 2. The molecule has 1 amide bonds. The predicted molar refractivity (Wildman–Crippen MR) is 112 cm³/mol. The number of amides is 1. The van der Waals surface area contributed by atoms with Crippen LogP contribution < -0.4 is 10.9 Å². The Hall–Kier alpha value is -2.28. The molecule has 0 fully saturated rings. The molecule has 8 heteroatoms. The second-order valence-electron chi connectivity index (χ2n) is 6.41. The lowest BCUT2D eigenvalue weighted by Crippen LogP contribution is -2.31. The number of fused-ring (bicyclic) bond motifs is 1. The molecule has 1 aromatic heterocycles. The molecule has 2 N–H and O–H groups in total. The molecule has 0 saturated carbocycles. The van der Waals surface area contributed by atoms with Crippen molar-refractivity contribution in [3.63, 3.8) is 0 Å². The summed E-state index contributed by atoms with van der Waals surface area (Å²) in [5.41, 5.74) is 2.07. The summed E-state index contributed by atoms with van der Waals surface area (Å²) < 4.78 is 0. The highest BCUT2D eigenvalue weighted by Gasteiger charge is 2.31. The Morgan fingerprint density at radius 1 is 1.07 bits per heavy atom. The number of anilines is 1. The largest absolute Gasteiger partial charge is 0.310 e. The lowest BCUT2D eigenvalue weighted by molar-refractivity contribution is -0.116. The topological polar surface area (TPSA) is 74.8 Å². The smallest absolute Gasteiger partial charge is 0.257 e. The van der Waals surface area contributed by atoms with Gasteiger partial charge in [-0.1, -0.05) is 59.2 Å². The number of nitrogens with zero attached hydrogens (tertiary/aromatic N) is 1. The van der Waals surface area contributed by atoms with Crippen LogP contribution in [0.1, 0.15) is 29.0 Å². The van der Waals surface area contributed by atoms with Crippen molar-refractivity contribution in [2.75, 3.05) is 5.32 Å². The average molecular weight is 432 g/mol. The van der Waals surface area contributed by atoms with Crippen LogP contribution >= 0.6 is 35.0 Å². The van der Waals surface area contributed by atoms with Crippen LogP contribution in [0, 0.1) is 0 Å². The van der Waals surface area contributed by atoms with Crippen molar-refractivity contribution in [3.05, 3.63) is 85.6 Å². The fourth-order valence-corrected chi connectivity index (χ4v) is 4.30. The third-order valence-electron chi connectivity index (χ3n) is 4.47. The molecule has 0 bridgehead atoms. The zero-order valence-electron chi connectivity index (χ0n) is 14.5. The summed E-state index contributed by atoms with van der Waals surface area (Å²) in [6.07, 6.45) is 0.176. The van der Waals surface area contributed by atoms with Crippen LogP contribution in [0.3, 0.4) is 0 Å². The van der Waals surface area contributed by atoms with E-state index in [1.165, 1.54) is 11.8 Å². The van der Waals surface area contributed by atoms with E-state index < -0.39 is 0 Å². The van der Waals surface area contributed by atoms with Crippen molar-refractivity contribution >= 4 is 46.7 Å². The maximum atomic E-state index is 12.8. The van der Waals surface area contributed by atoms with Gasteiger partial charge in [0.05, 0.1) is 5.56 Å². The van der Waals surface area contributed by atoms with Gasteiger partial charge in [-0.15, -0.1) is 0 Å². The number of H-pyrrole nitrogens is 1. The fraction of sp³-hybridized carbons (Fsp3) is 0.150. The van der Waals surface area contributed by atoms with Crippen LogP contribution in [0.25, 0.3) is 0 Å². The van der Waals surface area contributed by atoms with Crippen molar-refractivity contribution in [3.8, 4) is 0 Å². The first-order valence-corrected chi connectivity index (χ1v) is 10.3. The van der Waals surface area contributed by atoms with E-state index in [1.54, 1.807) is 12.1 Å². The van der Waals surface area contributed by atoms with E-state index in [4.69, 9.17) is 23.2 Å². The molecule has 0 aliphatic carbocycles. The maximum Gasteiger partial charge on any atom is 0.257 e. The van der Waals surface area contributed by atoms with E-state index in [-0.39, 0.29) is 23.8 Å². The number of carbonyl (C=O) groups excluding carboxylic acids is 1. The van der Waals surface area contributed by atoms with Gasteiger partial charge in [-0.05, 0) is 35.4 Å². The van der Waals surface area contributed by atoms with Gasteiger partial charge in [0.15, 0.2) is 5.16 Å². The van der Waals surface area contributed by atoms with Crippen LogP contribution in [0.2, 0.25) is 10.0 Å². The Bertz CT molecular complexity index is 1100. The van der Waals surface area contributed by atoms with Crippen molar-refractivity contribution < 1.29 is 4.79 Å². The Balaban J connectivity index is 1.65. The van der Waals surface area contributed by atoms with E-state index in [9.17, 15) is 9.59 Å². The van der Waals surface area contributed by atoms with E-state index in [2.05, 4.69) is 15.3 Å². The van der Waals surface area contributed by atoms with Gasteiger partial charge in [-0.25, -0.2) is 4.98 Å². The number of hydrogen-bond donors (Lipinski definition) is 2. The Kier molecular flexibility index (Phi) is 5.44. The summed E-state index contributed by atoms with van der Waals surface area (Å²) in [4.78, 5) is 32.3. The third-order valence-corrected chi connectivity index (χ3v) is 5.90. The molecule has 3 aromatic rings. The second-order valence-corrected chi connectivity index (χ2v) is 8.25. The number of aromatic amines is 1. The Morgan fingerprint density at radius 3 is 2.61 bits per heavy atom. The number of thioether (sulfide) groups is 1. The zero-order valence-corrected chi connectivity index (χ0v) is 16.9. The van der Waals surface area contributed by atoms with E-state index in [0.29, 0.717) is 32.3 Å². The van der Waals surface area contributed by atoms with Gasteiger partial charge in [-0.3, -0.25) is 9.59 Å². The molecule has 2 aromatic carbocycles. The lowest BCUT2D eigenvalue weighted by atomic mass is 9.87. The first kappa shape index (κ1) is 19.1. The first-order valence-electron chi connectivity index (χ1n) is 8.56. The molecule has 4 rings (SSSR count). The number of benzene rings is 2. The molecule has 1 unspecified atom stereocenters. The molecular formula is C20H15Cl2N3O2S. The molecule has 2 heterocycles. The number of hydrogen-bond acceptors (Lipinski definition) is 4. The van der Waals surface area contributed by atoms with Crippen molar-refractivity contribution in [1.29, 1.82) is 0 Å². The minimum atomic E-state index is -0.381. The second kappa shape index (κ2) is 7.99. The molecule has 0 spiro atoms. The molecule has 1 aliphatic heterocycles. The molecule has 0 radical (unpaired) electrons. The highest BCUT2D eigenvalue weighted by Crippen LogP contribution is 2.35. The third kappa shape index (κ3) is 4.09. The minimum Gasteiger partial charge on any atom is -0.310 e. The maximum absolute atomic E-state index is 12.8. The summed E-state index contributed by atoms with van der Waals surface area (Å²) in [6.45, 7) is 0. The molecule has 28 heavy (non-hydrogen) atoms. The van der Waals surface area contributed by atoms with Crippen LogP contribution in [-0.4, -0.2) is 15.9 Å². The predicted octanol–water partition coefficient (Wildman–Crippen LogP) is 4.84. The van der Waals surface area contributed by atoms with Gasteiger partial charge in [0.25, 0.3) is 5.56 Å². The first-order chi connectivity index (χ1) is 13.5. The summed E-state index contributed by atoms with van der Waals surface area (Å²) in [6, 6.07) is 14.7. The monoisotopic (exact) mass is 431 g/mol. The number of rotatable bonds is 4. The quantitative estimate of drug-likeness (QED) is 0.457. The average Bonchev–Trinajstić information content (AvgIpc) is 2.66. The van der Waals surface area contributed by atoms with Gasteiger partial charge in [0.1, 0.15) is 5.82 Å². The number of aromatic nitrogens is 2. The summed E-state index contributed by atoms with van der Waals surface area (Å²) in [7, 11) is 0. The summed E-state index contributed by atoms with van der Waals surface area (Å²) >= 11 is 13.4. The molecule has 5 nitrogen and oxygen atoms in total. The summed E-state index contributed by atoms with van der Waals surface area (Å²) in [5.74, 6) is 0.367. The van der Waals surface area contributed by atoms with Gasteiger partial charge in [-0.2, -0.15) is 0 Å². The highest BCUT2D eigenvalue weighted by molar-refractivity contribution is 7.98. The standard InChI is InChI=1S/C20H15Cl2N3O2S/c21-13-6-4-11(5-7-13)10-28-20-24-18-17(19(27)25-20)15(9-16(26)23-18)12-2-1-3-14(22)8-12/h1-8,15H,9-10H2,(H2,23,24,25,26,27). The number of carbonyl (C=O) groups is 1. The van der Waals surface area contributed by atoms with Crippen LogP contribution in [0.5, 0.6) is 0 Å². The molecule has 1 atom stereocenters. The van der Waals surface area contributed by atoms with Gasteiger partial charge in [0, 0.05) is 28.1 Å². The number of halogens is 2. The Labute approximate surface area is 175 Å². The summed E-state index contributed by atoms with van der Waals surface area (Å²) in [5, 5.41) is 4.41. The molecule has 142 valence electrons. The molecule has 1 aliphatic rings. The Morgan fingerprint density at radius 2 is 1.86 bits per heavy atom. The van der Waals surface area contributed by atoms with Crippen LogP contribution in [0.15, 0.2) is 58.5 Å². The zero-order chi connectivity index (χ0) is 19.7. The lowest BCUT2D eigenvalue weighted by Gasteiger charge is -2.24. The fourth-order valence-electron chi connectivity index (χ4n) is 3.16. The molecule has 0 saturated heterocycles. The van der Waals surface area contributed by atoms with Crippen molar-refractivity contribution in [2.45, 2.75) is 23.2 Å². The van der Waals surface area contributed by atoms with Gasteiger partial charge in [0.2, 0.25) is 5.91 Å². The van der Waals surface area contributed by atoms with Crippen molar-refractivity contribution in [1.82, 2.24) is 9.97 Å². The molecular weight excluding hydrogens is 417 g/mol.